The molecule has 5 heterocycles. The van der Waals surface area contributed by atoms with E-state index in [-0.39, 0.29) is 46.2 Å². The van der Waals surface area contributed by atoms with Crippen molar-refractivity contribution >= 4 is 22.9 Å². The average molecular weight is 570 g/mol. The van der Waals surface area contributed by atoms with Crippen molar-refractivity contribution in [3.63, 3.8) is 0 Å². The van der Waals surface area contributed by atoms with Gasteiger partial charge in [0.1, 0.15) is 18.3 Å². The molecule has 0 saturated heterocycles. The van der Waals surface area contributed by atoms with E-state index in [1.807, 2.05) is 0 Å². The lowest BCUT2D eigenvalue weighted by Crippen LogP contribution is -2.40. The van der Waals surface area contributed by atoms with Crippen LogP contribution in [0.15, 0.2) is 45.1 Å². The lowest BCUT2D eigenvalue weighted by molar-refractivity contribution is -0.141. The number of nitrogens with zero attached hydrogens (tertiary/aromatic N) is 9. The molecule has 0 aliphatic heterocycles. The van der Waals surface area contributed by atoms with Crippen LogP contribution in [0.5, 0.6) is 0 Å². The molecule has 41 heavy (non-hydrogen) atoms. The molecule has 0 aromatic carbocycles. The van der Waals surface area contributed by atoms with Gasteiger partial charge >= 0.3 is 11.9 Å². The van der Waals surface area contributed by atoms with Crippen LogP contribution in [0.2, 0.25) is 0 Å². The van der Waals surface area contributed by atoms with Gasteiger partial charge in [0, 0.05) is 18.8 Å². The van der Waals surface area contributed by atoms with Crippen LogP contribution in [-0.2, 0) is 24.6 Å². The number of aromatic nitrogens is 9. The molecule has 1 atom stereocenters. The molecular weight excluding hydrogens is 549 g/mol. The number of nitrogens with one attached hydrogen (secondary N) is 1. The highest BCUT2D eigenvalue weighted by Crippen LogP contribution is 2.31. The molecule has 5 aromatic rings. The van der Waals surface area contributed by atoms with Crippen LogP contribution in [0.4, 0.5) is 19.0 Å². The Balaban J connectivity index is 1.44. The first-order chi connectivity index (χ1) is 19.3. The average Bonchev–Trinajstić information content (AvgIpc) is 3.55. The maximum atomic E-state index is 13.4. The molecule has 0 aliphatic carbocycles. The van der Waals surface area contributed by atoms with Crippen molar-refractivity contribution in [1.29, 1.82) is 0 Å². The number of amides is 1. The number of aryl methyl sites for hydroxylation is 3. The first kappa shape index (κ1) is 27.4. The van der Waals surface area contributed by atoms with E-state index in [0.717, 1.165) is 15.3 Å². The molecule has 1 amide bonds. The lowest BCUT2D eigenvalue weighted by Gasteiger charge is -2.15. The Kier molecular flexibility index (Phi) is 6.72. The second-order valence-corrected chi connectivity index (χ2v) is 9.13. The van der Waals surface area contributed by atoms with E-state index in [4.69, 9.17) is 4.52 Å². The van der Waals surface area contributed by atoms with Gasteiger partial charge in [-0.2, -0.15) is 18.2 Å². The van der Waals surface area contributed by atoms with Crippen molar-refractivity contribution < 1.29 is 22.5 Å². The molecule has 5 aromatic heterocycles. The van der Waals surface area contributed by atoms with E-state index in [2.05, 4.69) is 35.4 Å². The van der Waals surface area contributed by atoms with Crippen LogP contribution < -0.4 is 16.6 Å². The van der Waals surface area contributed by atoms with E-state index in [1.165, 1.54) is 50.2 Å². The minimum Gasteiger partial charge on any atom is -0.337 e. The van der Waals surface area contributed by atoms with E-state index < -0.39 is 35.1 Å². The van der Waals surface area contributed by atoms with Gasteiger partial charge in [-0.3, -0.25) is 24.1 Å². The molecule has 14 nitrogen and oxygen atoms in total. The Morgan fingerprint density at radius 3 is 2.54 bits per heavy atom. The number of halogens is 3. The maximum absolute atomic E-state index is 13.4. The number of pyridine rings is 1. The van der Waals surface area contributed by atoms with Crippen LogP contribution >= 0.6 is 0 Å². The predicted molar refractivity (Wildman–Crippen MR) is 136 cm³/mol. The van der Waals surface area contributed by atoms with Crippen molar-refractivity contribution in [2.75, 3.05) is 5.32 Å². The Morgan fingerprint density at radius 2 is 1.88 bits per heavy atom. The third-order valence-corrected chi connectivity index (χ3v) is 6.25. The first-order valence-electron chi connectivity index (χ1n) is 12.0. The van der Waals surface area contributed by atoms with Gasteiger partial charge in [0.2, 0.25) is 11.8 Å². The normalized spacial score (nSPS) is 12.6. The lowest BCUT2D eigenvalue weighted by atomic mass is 10.1. The van der Waals surface area contributed by atoms with Crippen LogP contribution in [0.3, 0.4) is 0 Å². The zero-order chi connectivity index (χ0) is 29.6. The third kappa shape index (κ3) is 5.08. The molecule has 212 valence electrons. The highest BCUT2D eigenvalue weighted by molar-refractivity contribution is 5.93. The van der Waals surface area contributed by atoms with E-state index in [0.29, 0.717) is 5.82 Å². The SMILES string of the molecule is Cc1noc(Cn2c(=O)c3c(ncn3C(C)C(=O)Nc3cncc(-c4cnc(C(F)(F)F)c(C)c4)n3)n(C)c2=O)n1. The fraction of sp³-hybridized carbons (Fsp3) is 0.292. The summed E-state index contributed by atoms with van der Waals surface area (Å²) < 4.78 is 47.6. The molecule has 0 aliphatic rings. The molecule has 1 unspecified atom stereocenters. The summed E-state index contributed by atoms with van der Waals surface area (Å²) in [6, 6.07) is 0.265. The fourth-order valence-corrected chi connectivity index (χ4v) is 4.20. The fourth-order valence-electron chi connectivity index (χ4n) is 4.20. The molecular formula is C24H21F3N10O4. The van der Waals surface area contributed by atoms with Crippen molar-refractivity contribution in [1.82, 2.24) is 43.8 Å². The van der Waals surface area contributed by atoms with Gasteiger partial charge in [0.05, 0.1) is 24.4 Å². The number of anilines is 1. The Hall–Kier alpha value is -5.22. The number of hydrogen-bond donors (Lipinski definition) is 1. The summed E-state index contributed by atoms with van der Waals surface area (Å²) in [6.45, 7) is 4.10. The molecule has 0 bridgehead atoms. The largest absolute Gasteiger partial charge is 0.433 e. The monoisotopic (exact) mass is 570 g/mol. The highest BCUT2D eigenvalue weighted by Gasteiger charge is 2.34. The zero-order valence-electron chi connectivity index (χ0n) is 22.0. The summed E-state index contributed by atoms with van der Waals surface area (Å²) in [7, 11) is 1.43. The summed E-state index contributed by atoms with van der Waals surface area (Å²) in [4.78, 5) is 59.4. The van der Waals surface area contributed by atoms with Crippen LogP contribution in [0.25, 0.3) is 22.4 Å². The zero-order valence-corrected chi connectivity index (χ0v) is 22.0. The smallest absolute Gasteiger partial charge is 0.337 e. The van der Waals surface area contributed by atoms with Crippen LogP contribution in [-0.4, -0.2) is 49.7 Å². The van der Waals surface area contributed by atoms with Crippen molar-refractivity contribution in [2.45, 2.75) is 39.5 Å². The quantitative estimate of drug-likeness (QED) is 0.319. The molecule has 0 fully saturated rings. The van der Waals surface area contributed by atoms with Crippen molar-refractivity contribution in [3.8, 4) is 11.3 Å². The number of imidazole rings is 1. The molecule has 0 radical (unpaired) electrons. The molecule has 17 heteroatoms. The van der Waals surface area contributed by atoms with E-state index in [9.17, 15) is 27.6 Å². The second kappa shape index (κ2) is 10.1. The van der Waals surface area contributed by atoms with E-state index in [1.54, 1.807) is 6.92 Å². The molecule has 1 N–H and O–H groups in total. The van der Waals surface area contributed by atoms with E-state index >= 15 is 0 Å². The Morgan fingerprint density at radius 1 is 1.12 bits per heavy atom. The van der Waals surface area contributed by atoms with Gasteiger partial charge in [-0.1, -0.05) is 5.16 Å². The summed E-state index contributed by atoms with van der Waals surface area (Å²) in [5, 5.41) is 6.24. The standard InChI is InChI=1S/C24H21F3N10O4/c1-11-5-14(6-29-19(11)24(25,26)27)15-7-28-8-16(32-15)33-21(38)12(2)37-10-30-20-18(37)22(39)36(23(40)35(20)4)9-17-31-13(3)34-41-17/h5-8,10,12H,9H2,1-4H3,(H,32,33,38). The number of fused-ring (bicyclic) bond motifs is 1. The summed E-state index contributed by atoms with van der Waals surface area (Å²) in [5.41, 5.74) is -2.00. The summed E-state index contributed by atoms with van der Waals surface area (Å²) in [5.74, 6) is -0.212. The number of alkyl halides is 3. The van der Waals surface area contributed by atoms with Gasteiger partial charge in [-0.05, 0) is 32.4 Å². The maximum Gasteiger partial charge on any atom is 0.433 e. The van der Waals surface area contributed by atoms with Gasteiger partial charge in [0.25, 0.3) is 5.56 Å². The van der Waals surface area contributed by atoms with Gasteiger partial charge in [0.15, 0.2) is 22.8 Å². The van der Waals surface area contributed by atoms with Gasteiger partial charge < -0.3 is 14.4 Å². The number of carbonyl (C=O) groups excluding carboxylic acids is 1. The summed E-state index contributed by atoms with van der Waals surface area (Å²) in [6.07, 6.45) is 0.263. The number of hydrogen-bond acceptors (Lipinski definition) is 10. The third-order valence-electron chi connectivity index (χ3n) is 6.25. The first-order valence-corrected chi connectivity index (χ1v) is 12.0. The topological polar surface area (TPSA) is 169 Å². The second-order valence-electron chi connectivity index (χ2n) is 9.13. The number of carbonyl (C=O) groups is 1. The van der Waals surface area contributed by atoms with Crippen LogP contribution in [0.1, 0.15) is 35.9 Å². The minimum atomic E-state index is -4.60. The molecule has 5 rings (SSSR count). The number of rotatable bonds is 6. The molecule has 0 saturated carbocycles. The Bertz CT molecular complexity index is 1920. The van der Waals surface area contributed by atoms with Crippen LogP contribution in [0, 0.1) is 13.8 Å². The van der Waals surface area contributed by atoms with Gasteiger partial charge in [-0.25, -0.2) is 19.3 Å². The van der Waals surface area contributed by atoms with Crippen molar-refractivity contribution in [3.05, 3.63) is 74.8 Å². The highest BCUT2D eigenvalue weighted by atomic mass is 19.4. The summed E-state index contributed by atoms with van der Waals surface area (Å²) >= 11 is 0. The Labute approximate surface area is 227 Å². The van der Waals surface area contributed by atoms with Gasteiger partial charge in [-0.15, -0.1) is 0 Å². The molecule has 0 spiro atoms. The predicted octanol–water partition coefficient (Wildman–Crippen LogP) is 2.02. The minimum absolute atomic E-state index is 0.0119. The van der Waals surface area contributed by atoms with Crippen molar-refractivity contribution in [2.24, 2.45) is 7.05 Å².